The van der Waals surface area contributed by atoms with Gasteiger partial charge < -0.3 is 14.0 Å². The molecule has 0 aliphatic heterocycles. The Hall–Kier alpha value is -0.656. The third kappa shape index (κ3) is 15.0. The number of hydrogen-bond donors (Lipinski definition) is 1. The number of aliphatic hydroxyl groups is 1. The van der Waals surface area contributed by atoms with Crippen LogP contribution in [0.4, 0.5) is 0 Å². The zero-order valence-electron chi connectivity index (χ0n) is 38.5. The summed E-state index contributed by atoms with van der Waals surface area (Å²) in [5, 5.41) is 11.2. The maximum absolute atomic E-state index is 13.4. The van der Waals surface area contributed by atoms with Gasteiger partial charge in [0.15, 0.2) is 16.6 Å². The summed E-state index contributed by atoms with van der Waals surface area (Å²) in [5.41, 5.74) is 2.96. The lowest BCUT2D eigenvalue weighted by Gasteiger charge is -2.43. The molecule has 0 aromatic heterocycles. The highest BCUT2D eigenvalue weighted by atomic mass is 127. The second-order valence-corrected chi connectivity index (χ2v) is 33.9. The van der Waals surface area contributed by atoms with Crippen LogP contribution in [-0.2, 0) is 23.2 Å². The van der Waals surface area contributed by atoms with Crippen molar-refractivity contribution in [1.29, 1.82) is 0 Å². The highest BCUT2D eigenvalue weighted by molar-refractivity contribution is 14.1. The molecule has 6 nitrogen and oxygen atoms in total. The van der Waals surface area contributed by atoms with Crippen molar-refractivity contribution in [2.75, 3.05) is 0 Å². The van der Waals surface area contributed by atoms with E-state index in [-0.39, 0.29) is 27.2 Å². The van der Waals surface area contributed by atoms with Gasteiger partial charge in [-0.3, -0.25) is 4.18 Å². The Morgan fingerprint density at radius 1 is 0.633 bits per heavy atom. The quantitative estimate of drug-likeness (QED) is 0.0928. The predicted molar refractivity (Wildman–Crippen MR) is 272 cm³/mol. The Labute approximate surface area is 394 Å². The molecule has 2 aliphatic carbocycles. The van der Waals surface area contributed by atoms with E-state index in [9.17, 15) is 13.5 Å². The van der Waals surface area contributed by atoms with E-state index < -0.39 is 39.0 Å². The first-order valence-electron chi connectivity index (χ1n) is 22.4. The molecule has 4 atom stereocenters. The van der Waals surface area contributed by atoms with Crippen molar-refractivity contribution >= 4 is 71.9 Å². The molecule has 2 aliphatic rings. The van der Waals surface area contributed by atoms with Crippen LogP contribution in [0, 0.1) is 25.9 Å². The summed E-state index contributed by atoms with van der Waals surface area (Å²) in [6.45, 7) is 24.9. The van der Waals surface area contributed by atoms with E-state index >= 15 is 0 Å². The summed E-state index contributed by atoms with van der Waals surface area (Å²) >= 11 is 4.61. The predicted octanol–water partition coefficient (Wildman–Crippen LogP) is 15.1. The zero-order valence-corrected chi connectivity index (χ0v) is 45.7. The highest BCUT2D eigenvalue weighted by Gasteiger charge is 2.43. The van der Waals surface area contributed by atoms with E-state index in [1.807, 2.05) is 55.5 Å². The molecule has 1 N–H and O–H groups in total. The SMILES string of the molecule is CC(C)(C)[Si](C)(C)O[C@H](C[C@@H](O)c1ccccc1I)C1CCCCC1.Cc1ccc(S(=O)(=O)O[C@H](C[C@@H](O[Si](C)(C)C(C)(C)C)C2CCCCC2)c2ccccc2I)cc1. The summed E-state index contributed by atoms with van der Waals surface area (Å²) < 4.78 is 48.8. The average Bonchev–Trinajstić information content (AvgIpc) is 3.17. The lowest BCUT2D eigenvalue weighted by atomic mass is 9.83. The minimum atomic E-state index is -3.94. The Bertz CT molecular complexity index is 1880. The maximum Gasteiger partial charge on any atom is 0.297 e. The van der Waals surface area contributed by atoms with E-state index in [4.69, 9.17) is 13.0 Å². The third-order valence-electron chi connectivity index (χ3n) is 13.8. The van der Waals surface area contributed by atoms with Gasteiger partial charge in [0.1, 0.15) is 6.10 Å². The van der Waals surface area contributed by atoms with Gasteiger partial charge in [-0.15, -0.1) is 0 Å². The number of hydrogen-bond acceptors (Lipinski definition) is 6. The summed E-state index contributed by atoms with van der Waals surface area (Å²) in [6, 6.07) is 23.0. The smallest absolute Gasteiger partial charge is 0.297 e. The van der Waals surface area contributed by atoms with Crippen molar-refractivity contribution < 1.29 is 26.6 Å². The van der Waals surface area contributed by atoms with Crippen LogP contribution in [0.25, 0.3) is 0 Å². The monoisotopic (exact) mass is 1100 g/mol. The van der Waals surface area contributed by atoms with Gasteiger partial charge >= 0.3 is 0 Å². The molecule has 3 aromatic carbocycles. The number of rotatable bonds is 15. The Morgan fingerprint density at radius 3 is 1.45 bits per heavy atom. The van der Waals surface area contributed by atoms with Crippen LogP contribution in [0.3, 0.4) is 0 Å². The molecule has 0 radical (unpaired) electrons. The van der Waals surface area contributed by atoms with Crippen LogP contribution in [0.5, 0.6) is 0 Å². The number of aliphatic hydroxyl groups excluding tert-OH is 1. The molecule has 3 aromatic rings. The molecule has 2 saturated carbocycles. The highest BCUT2D eigenvalue weighted by Crippen LogP contribution is 2.44. The molecular weight excluding hydrogens is 1030 g/mol. The lowest BCUT2D eigenvalue weighted by molar-refractivity contribution is 0.0377. The Kier molecular flexibility index (Phi) is 19.5. The summed E-state index contributed by atoms with van der Waals surface area (Å²) in [5.74, 6) is 1.02. The van der Waals surface area contributed by atoms with Crippen molar-refractivity contribution in [3.63, 3.8) is 0 Å². The molecule has 0 bridgehead atoms. The van der Waals surface area contributed by atoms with Gasteiger partial charge in [-0.25, -0.2) is 0 Å². The molecule has 0 heterocycles. The van der Waals surface area contributed by atoms with Gasteiger partial charge in [-0.2, -0.15) is 8.42 Å². The first-order chi connectivity index (χ1) is 27.9. The van der Waals surface area contributed by atoms with E-state index in [2.05, 4.69) is 125 Å². The van der Waals surface area contributed by atoms with Crippen LogP contribution in [0.1, 0.15) is 147 Å². The average molecular weight is 1100 g/mol. The Balaban J connectivity index is 0.000000280. The largest absolute Gasteiger partial charge is 0.414 e. The Morgan fingerprint density at radius 2 is 1.03 bits per heavy atom. The van der Waals surface area contributed by atoms with Crippen LogP contribution >= 0.6 is 45.2 Å². The fourth-order valence-electron chi connectivity index (χ4n) is 7.97. The molecule has 336 valence electrons. The summed E-state index contributed by atoms with van der Waals surface area (Å²) in [6.07, 6.45) is 12.7. The van der Waals surface area contributed by atoms with Crippen molar-refractivity contribution in [2.24, 2.45) is 11.8 Å². The van der Waals surface area contributed by atoms with Gasteiger partial charge in [0, 0.05) is 20.0 Å². The fraction of sp³-hybridized carbons (Fsp3) is 0.633. The molecule has 5 rings (SSSR count). The normalized spacial score (nSPS) is 18.6. The van der Waals surface area contributed by atoms with Crippen LogP contribution < -0.4 is 0 Å². The van der Waals surface area contributed by atoms with E-state index in [0.717, 1.165) is 43.1 Å². The number of halogens is 2. The van der Waals surface area contributed by atoms with E-state index in [1.54, 1.807) is 12.1 Å². The number of benzene rings is 3. The molecule has 60 heavy (non-hydrogen) atoms. The van der Waals surface area contributed by atoms with Crippen LogP contribution in [0.15, 0.2) is 77.7 Å². The molecule has 0 unspecified atom stereocenters. The fourth-order valence-corrected chi connectivity index (χ4v) is 13.3. The zero-order chi connectivity index (χ0) is 44.5. The minimum Gasteiger partial charge on any atom is -0.414 e. The van der Waals surface area contributed by atoms with Gasteiger partial charge in [0.05, 0.1) is 23.2 Å². The van der Waals surface area contributed by atoms with Gasteiger partial charge in [0.2, 0.25) is 0 Å². The first-order valence-corrected chi connectivity index (χ1v) is 31.8. The number of aryl methyl sites for hydroxylation is 1. The van der Waals surface area contributed by atoms with E-state index in [1.165, 1.54) is 51.4 Å². The van der Waals surface area contributed by atoms with Gasteiger partial charge in [-0.05, 0) is 161 Å². The van der Waals surface area contributed by atoms with E-state index in [0.29, 0.717) is 18.3 Å². The minimum absolute atomic E-state index is 0.0367. The van der Waals surface area contributed by atoms with Crippen molar-refractivity contribution in [3.8, 4) is 0 Å². The van der Waals surface area contributed by atoms with Crippen LogP contribution in [-0.4, -0.2) is 42.4 Å². The lowest BCUT2D eigenvalue weighted by Crippen LogP contribution is -2.46. The van der Waals surface area contributed by atoms with Gasteiger partial charge in [-0.1, -0.05) is 134 Å². The molecule has 2 fully saturated rings. The molecular formula is C49H76I2O6SSi2. The second-order valence-electron chi connectivity index (χ2n) is 20.5. The summed E-state index contributed by atoms with van der Waals surface area (Å²) in [4.78, 5) is 0.193. The molecule has 0 spiro atoms. The molecule has 0 amide bonds. The maximum atomic E-state index is 13.4. The van der Waals surface area contributed by atoms with Crippen molar-refractivity contribution in [1.82, 2.24) is 0 Å². The third-order valence-corrected chi connectivity index (χ3v) is 26.1. The summed E-state index contributed by atoms with van der Waals surface area (Å²) in [7, 11) is -7.85. The van der Waals surface area contributed by atoms with Crippen LogP contribution in [0.2, 0.25) is 36.3 Å². The molecule has 11 heteroatoms. The topological polar surface area (TPSA) is 82.1 Å². The van der Waals surface area contributed by atoms with Crippen molar-refractivity contribution in [2.45, 2.75) is 191 Å². The van der Waals surface area contributed by atoms with Crippen molar-refractivity contribution in [3.05, 3.63) is 96.6 Å². The van der Waals surface area contributed by atoms with Gasteiger partial charge in [0.25, 0.3) is 10.1 Å². The first kappa shape index (κ1) is 52.0. The second kappa shape index (κ2) is 22.5. The standard InChI is InChI=1S/C28H41IO4SSi.C21H35IO2Si/c1-21-16-18-23(19-17-21)34(30,31)32-27(24-14-10-11-15-25(24)29)20-26(22-12-8-7-9-13-22)33-35(5,6)28(2,3)4;1-21(2,3)25(4,5)24-20(16-11-7-6-8-12-16)15-19(23)17-13-9-10-14-18(17)22/h10-11,14-19,22,26-27H,7-9,12-13,20H2,1-6H3;9-10,13-14,16,19-20,23H,6-8,11-12,15H2,1-5H3/t26-,27-;19-,20-/m11/s1. The molecule has 0 saturated heterocycles.